The highest BCUT2D eigenvalue weighted by Crippen LogP contribution is 2.40. The molecular weight excluding hydrogens is 1830 g/mol. The number of nitrogens with zero attached hydrogens (tertiary/aromatic N) is 15. The molecule has 131 heavy (non-hydrogen) atoms. The molecule has 0 bridgehead atoms. The Hall–Kier alpha value is -8.00. The van der Waals surface area contributed by atoms with Gasteiger partial charge in [0.05, 0.1) is 19.6 Å². The van der Waals surface area contributed by atoms with Crippen molar-refractivity contribution in [2.45, 2.75) is 172 Å². The van der Waals surface area contributed by atoms with Crippen molar-refractivity contribution in [3.05, 3.63) is 138 Å². The largest absolute Gasteiger partial charge is 0.415 e. The van der Waals surface area contributed by atoms with Gasteiger partial charge >= 0.3 is 24.4 Å². The fraction of sp³-hybridized carbons (Fsp3) is 0.522. The quantitative estimate of drug-likeness (QED) is 0.0491. The van der Waals surface area contributed by atoms with Crippen molar-refractivity contribution in [1.29, 1.82) is 0 Å². The summed E-state index contributed by atoms with van der Waals surface area (Å²) in [6.45, 7) is 26.8. The molecule has 9 fully saturated rings. The fourth-order valence-corrected chi connectivity index (χ4v) is 21.6. The molecule has 4 aromatic carbocycles. The average molecular weight is 1960 g/mol. The number of benzene rings is 4. The Morgan fingerprint density at radius 3 is 0.901 bits per heavy atom. The smallest absolute Gasteiger partial charge is 0.409 e. The van der Waals surface area contributed by atoms with E-state index in [1.165, 1.54) is 108 Å². The summed E-state index contributed by atoms with van der Waals surface area (Å²) in [6.07, 6.45) is 21.6. The van der Waals surface area contributed by atoms with E-state index in [4.69, 9.17) is 67.8 Å². The number of hydrogen-bond acceptors (Lipinski definition) is 27. The van der Waals surface area contributed by atoms with E-state index in [0.29, 0.717) is 113 Å². The third kappa shape index (κ3) is 28.3. The van der Waals surface area contributed by atoms with E-state index in [0.717, 1.165) is 215 Å². The number of thiocarbonyl (C=S) groups is 4. The second kappa shape index (κ2) is 51.1. The van der Waals surface area contributed by atoms with Crippen LogP contribution in [0.1, 0.15) is 176 Å². The summed E-state index contributed by atoms with van der Waals surface area (Å²) >= 11 is 27.7. The molecule has 0 aromatic heterocycles. The summed E-state index contributed by atoms with van der Waals surface area (Å²) < 4.78 is 78.4. The average Bonchev–Trinajstić information content (AvgIpc) is 1.79. The molecular formula is C92H125F4N19O8S8. The second-order valence-corrected chi connectivity index (χ2v) is 37.6. The SMILES string of the molecule is C.C.C.C.CCN(CC)[C@@H]1CCN(C(=O)Oc2cc(F)ccc2/C=C2\SC(N3CCCCN3)=NC2=S)C1.CCN(CC)[C@H]1CCN(C(=O)Oc2cc(F)ccc2/C=C2\SC(N3CCCCN3)=NC2=S)C1.O=C(Oc1cc(F)ccc1/C=C1\SC(N2CCCCN2)=NC1=S)N1CCCC1.O=C(Oc1cc(F)ccc1/C=C1\SC(N2CCCCN2)=NC1=S)N1CC[C@@H](N2CCCC2)C1. The molecule has 4 amide bonds. The van der Waals surface area contributed by atoms with Crippen LogP contribution in [0.5, 0.6) is 23.0 Å². The van der Waals surface area contributed by atoms with Crippen LogP contribution in [-0.4, -0.2) is 281 Å². The first-order chi connectivity index (χ1) is 61.6. The molecule has 0 unspecified atom stereocenters. The summed E-state index contributed by atoms with van der Waals surface area (Å²) in [5.41, 5.74) is 15.7. The Labute approximate surface area is 807 Å². The Morgan fingerprint density at radius 1 is 0.366 bits per heavy atom. The van der Waals surface area contributed by atoms with Crippen molar-refractivity contribution < 1.29 is 55.7 Å². The number of ether oxygens (including phenoxy) is 4. The summed E-state index contributed by atoms with van der Waals surface area (Å²) in [5.74, 6) is -1.06. The first kappa shape index (κ1) is 105. The predicted molar refractivity (Wildman–Crippen MR) is 542 cm³/mol. The van der Waals surface area contributed by atoms with E-state index in [1.54, 1.807) is 49.9 Å². The topological polar surface area (TPSA) is 238 Å². The second-order valence-electron chi connectivity index (χ2n) is 32.1. The molecule has 13 aliphatic rings. The lowest BCUT2D eigenvalue weighted by Crippen LogP contribution is -2.45. The number of carbonyl (C=O) groups excluding carboxylic acids is 4. The van der Waals surface area contributed by atoms with Crippen LogP contribution in [0.3, 0.4) is 0 Å². The molecule has 0 aliphatic carbocycles. The van der Waals surface area contributed by atoms with Crippen LogP contribution in [0.15, 0.2) is 112 Å². The minimum Gasteiger partial charge on any atom is -0.409 e. The number of thioether (sulfide) groups is 4. The van der Waals surface area contributed by atoms with E-state index in [2.05, 4.69) is 84.1 Å². The van der Waals surface area contributed by atoms with Crippen molar-refractivity contribution in [1.82, 2.24) is 76.0 Å². The molecule has 0 radical (unpaired) electrons. The zero-order chi connectivity index (χ0) is 89.0. The molecule has 0 spiro atoms. The van der Waals surface area contributed by atoms with Gasteiger partial charge in [-0.15, -0.1) is 0 Å². The van der Waals surface area contributed by atoms with E-state index in [1.807, 2.05) is 38.3 Å². The summed E-state index contributed by atoms with van der Waals surface area (Å²) in [4.78, 5) is 87.9. The van der Waals surface area contributed by atoms with Crippen molar-refractivity contribution in [2.24, 2.45) is 20.0 Å². The number of aliphatic imine (C=N–C) groups is 4. The summed E-state index contributed by atoms with van der Waals surface area (Å²) in [5, 5.41) is 11.3. The van der Waals surface area contributed by atoms with Crippen molar-refractivity contribution in [2.75, 3.05) is 144 Å². The minimum atomic E-state index is -0.460. The molecule has 13 aliphatic heterocycles. The maximum atomic E-state index is 14.0. The molecule has 0 saturated carbocycles. The van der Waals surface area contributed by atoms with Gasteiger partial charge in [0.1, 0.15) is 66.2 Å². The van der Waals surface area contributed by atoms with Crippen LogP contribution in [0, 0.1) is 23.3 Å². The number of likely N-dealkylation sites (tertiary alicyclic amines) is 5. The highest BCUT2D eigenvalue weighted by molar-refractivity contribution is 8.20. The number of hydrogen-bond donors (Lipinski definition) is 4. The highest BCUT2D eigenvalue weighted by atomic mass is 32.2. The monoisotopic (exact) mass is 1960 g/mol. The zero-order valence-electron chi connectivity index (χ0n) is 71.9. The summed E-state index contributed by atoms with van der Waals surface area (Å²) in [7, 11) is 0. The molecule has 17 rings (SSSR count). The van der Waals surface area contributed by atoms with Gasteiger partial charge < -0.3 is 38.5 Å². The van der Waals surface area contributed by atoms with Crippen molar-refractivity contribution in [3.63, 3.8) is 0 Å². The van der Waals surface area contributed by atoms with Gasteiger partial charge in [-0.25, -0.2) is 78.4 Å². The van der Waals surface area contributed by atoms with E-state index < -0.39 is 47.6 Å². The standard InChI is InChI=1S/C23H28FN5O2S2.2C23H30FN5O2S2.C19H21FN4O2S2.4CH4/c24-17-6-5-16(13-20-21(32)26-22(33-20)29-11-2-1-8-25-29)19(14-17)31-23(30)28-12-7-18(15-28)27-9-3-4-10-27;2*1-3-27(4-2)18-9-12-28(15-18)23(30)31-19-14-17(24)8-7-16(19)13-20-21(32)26-22(33-20)29-11-6-5-10-25-29;20-14-6-5-13(15(12-14)26-19(25)23-8-3-4-9-23)11-16-17(27)22-18(28-16)24-10-2-1-7-21-24;;;;/h5-6,13-14,18,25H,1-4,7-12,15H2;2*7-8,13-14,18,25H,3-6,9-12,15H2,1-2H3;5-6,11-12,21H,1-4,7-10H2;4*1H4/b3*20-13-;16-11-;;;;/t3*18-;;;;;/m110...../s1. The van der Waals surface area contributed by atoms with Gasteiger partial charge in [-0.05, 0) is 255 Å². The molecule has 13 heterocycles. The number of likely N-dealkylation sites (N-methyl/N-ethyl adjacent to an activating group) is 2. The summed E-state index contributed by atoms with van der Waals surface area (Å²) in [6, 6.07) is 17.9. The van der Waals surface area contributed by atoms with E-state index >= 15 is 0 Å². The predicted octanol–water partition coefficient (Wildman–Crippen LogP) is 18.4. The van der Waals surface area contributed by atoms with Gasteiger partial charge in [0, 0.05) is 169 Å². The van der Waals surface area contributed by atoms with E-state index in [9.17, 15) is 36.7 Å². The number of hydrazine groups is 4. The molecule has 4 aromatic rings. The molecule has 27 nitrogen and oxygen atoms in total. The lowest BCUT2D eigenvalue weighted by molar-refractivity contribution is 0.154. The Kier molecular flexibility index (Phi) is 41.0. The first-order valence-corrected chi connectivity index (χ1v) is 48.9. The normalized spacial score (nSPS) is 22.2. The fourth-order valence-electron chi connectivity index (χ4n) is 16.6. The molecule has 4 N–H and O–H groups in total. The highest BCUT2D eigenvalue weighted by Gasteiger charge is 2.38. The minimum absolute atomic E-state index is 0. The zero-order valence-corrected chi connectivity index (χ0v) is 78.4. The van der Waals surface area contributed by atoms with Crippen LogP contribution in [0.4, 0.5) is 36.7 Å². The molecule has 3 atom stereocenters. The molecule has 39 heteroatoms. The third-order valence-electron chi connectivity index (χ3n) is 23.6. The van der Waals surface area contributed by atoms with Gasteiger partial charge in [-0.1, -0.05) is 106 Å². The number of halogens is 4. The first-order valence-electron chi connectivity index (χ1n) is 44.0. The maximum absolute atomic E-state index is 14.0. The van der Waals surface area contributed by atoms with Crippen LogP contribution in [0.2, 0.25) is 0 Å². The number of carbonyl (C=O) groups is 4. The van der Waals surface area contributed by atoms with Crippen molar-refractivity contribution in [3.8, 4) is 23.0 Å². The van der Waals surface area contributed by atoms with Crippen LogP contribution < -0.4 is 40.7 Å². The number of amidine groups is 4. The van der Waals surface area contributed by atoms with Gasteiger partial charge in [0.25, 0.3) is 0 Å². The van der Waals surface area contributed by atoms with Crippen LogP contribution >= 0.6 is 95.9 Å². The number of rotatable bonds is 15. The number of amides is 4. The lowest BCUT2D eigenvalue weighted by atomic mass is 10.2. The molecule has 712 valence electrons. The van der Waals surface area contributed by atoms with Crippen molar-refractivity contribution >= 4 is 185 Å². The van der Waals surface area contributed by atoms with Gasteiger partial charge in [0.2, 0.25) is 0 Å². The Bertz CT molecular complexity index is 4610. The van der Waals surface area contributed by atoms with Gasteiger partial charge in [0.15, 0.2) is 20.7 Å². The van der Waals surface area contributed by atoms with Crippen LogP contribution in [-0.2, 0) is 0 Å². The number of nitrogens with one attached hydrogen (secondary N) is 4. The van der Waals surface area contributed by atoms with Gasteiger partial charge in [-0.2, -0.15) is 0 Å². The molecule has 9 saturated heterocycles. The Morgan fingerprint density at radius 2 is 0.626 bits per heavy atom. The maximum Gasteiger partial charge on any atom is 0.415 e. The third-order valence-corrected chi connectivity index (χ3v) is 29.4. The van der Waals surface area contributed by atoms with Gasteiger partial charge in [-0.3, -0.25) is 34.7 Å². The van der Waals surface area contributed by atoms with Crippen LogP contribution in [0.25, 0.3) is 24.3 Å². The lowest BCUT2D eigenvalue weighted by Gasteiger charge is -2.28. The van der Waals surface area contributed by atoms with E-state index in [-0.39, 0.29) is 52.7 Å². The Balaban J connectivity index is 0.000000180.